The summed E-state index contributed by atoms with van der Waals surface area (Å²) in [5.41, 5.74) is -2.52. The van der Waals surface area contributed by atoms with Gasteiger partial charge in [-0.1, -0.05) is 18.2 Å². The Morgan fingerprint density at radius 1 is 0.400 bits per heavy atom. The van der Waals surface area contributed by atoms with Crippen molar-refractivity contribution in [2.45, 2.75) is 0 Å². The van der Waals surface area contributed by atoms with Gasteiger partial charge in [0.1, 0.15) is 37.2 Å². The summed E-state index contributed by atoms with van der Waals surface area (Å²) < 4.78 is 0. The molecular weight excluding hydrogens is 889 g/mol. The molecule has 295 valence electrons. The number of aromatic carboxylic acids is 6. The van der Waals surface area contributed by atoms with Crippen LogP contribution in [0.2, 0.25) is 0 Å². The van der Waals surface area contributed by atoms with E-state index in [0.717, 1.165) is 36.4 Å². The average Bonchev–Trinajstić information content (AvgIpc) is 3.97. The third-order valence-electron chi connectivity index (χ3n) is 4.83. The summed E-state index contributed by atoms with van der Waals surface area (Å²) in [4.78, 5) is 87.7. The molecule has 0 aliphatic rings. The quantitative estimate of drug-likeness (QED) is 0.140. The zero-order valence-corrected chi connectivity index (χ0v) is 29.5. The minimum absolute atomic E-state index is 0. The van der Waals surface area contributed by atoms with Gasteiger partial charge in [-0.15, -0.1) is 0 Å². The summed E-state index contributed by atoms with van der Waals surface area (Å²) in [5.74, 6) is -9.09. The minimum Gasteiger partial charge on any atom is -0.543 e. The molecule has 25 heteroatoms. The fourth-order valence-electron chi connectivity index (χ4n) is 2.71. The predicted molar refractivity (Wildman–Crippen MR) is 162 cm³/mol. The molecule has 12 N–H and O–H groups in total. The maximum absolute atomic E-state index is 10.2. The molecule has 0 aliphatic carbocycles. The molecule has 1 radical (unpaired) electrons. The molecule has 24 nitrogen and oxygen atoms in total. The van der Waals surface area contributed by atoms with Gasteiger partial charge >= 0.3 is 38.2 Å². The summed E-state index contributed by atoms with van der Waals surface area (Å²) in [5, 5.41) is 61.1. The molecule has 6 rings (SSSR count). The number of carboxylic acids is 6. The van der Waals surface area contributed by atoms with Crippen LogP contribution in [0.5, 0.6) is 0 Å². The molecule has 0 aromatic carbocycles. The molecule has 0 saturated carbocycles. The van der Waals surface area contributed by atoms with E-state index in [9.17, 15) is 59.4 Å². The Balaban J connectivity index is -0.000000290. The van der Waals surface area contributed by atoms with Gasteiger partial charge in [0, 0.05) is 0 Å². The number of nitrogens with one attached hydrogen (secondary N) is 6. The molecule has 6 aromatic heterocycles. The topological polar surface area (TPSA) is 464 Å². The summed E-state index contributed by atoms with van der Waals surface area (Å²) >= 11 is 0. The van der Waals surface area contributed by atoms with Gasteiger partial charge in [-0.2, -0.15) is 0 Å². The van der Waals surface area contributed by atoms with E-state index < -0.39 is 70.0 Å². The molecule has 0 atom stereocenters. The molecule has 6 aromatic rings. The van der Waals surface area contributed by atoms with Crippen LogP contribution >= 0.6 is 0 Å². The summed E-state index contributed by atoms with van der Waals surface area (Å²) in [6, 6.07) is 10.6. The van der Waals surface area contributed by atoms with Crippen molar-refractivity contribution >= 4 is 35.8 Å². The van der Waals surface area contributed by atoms with Crippen molar-refractivity contribution in [3.05, 3.63) is 145 Å². The van der Waals surface area contributed by atoms with E-state index in [4.69, 9.17) is 0 Å². The van der Waals surface area contributed by atoms with E-state index in [0.29, 0.717) is 0 Å². The fraction of sp³-hybridized carbons (Fsp3) is 0. The van der Waals surface area contributed by atoms with Gasteiger partial charge in [-0.05, 0) is 36.4 Å². The Kier molecular flexibility index (Phi) is 31.7. The van der Waals surface area contributed by atoms with Crippen LogP contribution in [0.4, 0.5) is 0 Å². The van der Waals surface area contributed by atoms with E-state index in [1.165, 1.54) is 18.2 Å². The maximum atomic E-state index is 10.2. The number of nitrogens with zero attached hydrogens (tertiary/aromatic N) is 3. The Labute approximate surface area is 338 Å². The molecule has 0 spiro atoms. The van der Waals surface area contributed by atoms with Gasteiger partial charge in [-0.3, -0.25) is 29.9 Å². The van der Waals surface area contributed by atoms with Crippen molar-refractivity contribution in [3.63, 3.8) is 0 Å². The van der Waals surface area contributed by atoms with Gasteiger partial charge in [0.2, 0.25) is 19.0 Å². The molecule has 0 fully saturated rings. The Hall–Kier alpha value is -6.95. The number of hydrogen-bond acceptors (Lipinski definition) is 15. The van der Waals surface area contributed by atoms with Crippen molar-refractivity contribution in [2.24, 2.45) is 0 Å². The second-order valence-corrected chi connectivity index (χ2v) is 8.38. The number of carbonyl (C=O) groups is 6. The van der Waals surface area contributed by atoms with Crippen LogP contribution in [0.3, 0.4) is 0 Å². The number of H-pyrrole nitrogens is 6. The second kappa shape index (κ2) is 31.8. The van der Waals surface area contributed by atoms with Crippen LogP contribution in [0, 0.1) is 38.2 Å². The summed E-state index contributed by atoms with van der Waals surface area (Å²) in [6.45, 7) is 0. The van der Waals surface area contributed by atoms with Crippen molar-refractivity contribution in [1.29, 1.82) is 0 Å². The van der Waals surface area contributed by atoms with E-state index in [2.05, 4.69) is 44.9 Å². The molecule has 0 bridgehead atoms. The number of pyridine rings is 3. The molecule has 55 heavy (non-hydrogen) atoms. The molecule has 0 aliphatic heterocycles. The number of carboxylic acid groups (broad SMARTS) is 6. The van der Waals surface area contributed by atoms with Crippen LogP contribution in [0.1, 0.15) is 62.9 Å². The van der Waals surface area contributed by atoms with Crippen LogP contribution in [0.15, 0.2) is 111 Å². The van der Waals surface area contributed by atoms with Gasteiger partial charge in [0.15, 0.2) is 0 Å². The number of rotatable bonds is 6. The zero-order valence-electron chi connectivity index (χ0n) is 27.4. The minimum atomic E-state index is -1.52. The van der Waals surface area contributed by atoms with Crippen molar-refractivity contribution < 1.29 is 129 Å². The summed E-state index contributed by atoms with van der Waals surface area (Å²) in [6.07, 6.45) is 16.2. The molecule has 0 saturated heterocycles. The molecular formula is C30H30DyN9O15. The zero-order chi connectivity index (χ0) is 38.0. The first kappa shape index (κ1) is 54.8. The van der Waals surface area contributed by atoms with Gasteiger partial charge in [0.25, 0.3) is 0 Å². The second-order valence-electron chi connectivity index (χ2n) is 8.38. The number of imidazole rings is 3. The number of carbonyl (C=O) groups excluding carboxylic acids is 6. The maximum Gasteiger partial charge on any atom is 3.00 e. The third-order valence-corrected chi connectivity index (χ3v) is 4.83. The van der Waals surface area contributed by atoms with Crippen LogP contribution < -0.4 is 45.6 Å². The Morgan fingerprint density at radius 2 is 0.582 bits per heavy atom. The first-order valence-electron chi connectivity index (χ1n) is 13.5. The standard InChI is InChI=1S/3C7H5NO4.3C3H4N2.Dy.3H2O/c3*9-6(10)4-2-1-3-5(8-4)7(11)12;3*1-2-5-3-4-1;;;;/h3*1-3H,(H,9,10)(H,11,12);3*1-3H,(H,4,5);;3*1H2/q;;;;;;+3;;;/p-3. The molecule has 6 heterocycles. The van der Waals surface area contributed by atoms with Crippen LogP contribution in [-0.2, 0) is 0 Å². The normalized spacial score (nSPS) is 8.29. The number of aromatic nitrogens is 9. The van der Waals surface area contributed by atoms with Crippen molar-refractivity contribution in [3.8, 4) is 0 Å². The molecule has 0 unspecified atom stereocenters. The third kappa shape index (κ3) is 24.8. The van der Waals surface area contributed by atoms with E-state index in [1.807, 2.05) is 37.2 Å². The average molecular weight is 919 g/mol. The molecule has 0 amide bonds. The number of hydrogen-bond donors (Lipinski definition) is 3. The van der Waals surface area contributed by atoms with Crippen molar-refractivity contribution in [2.75, 3.05) is 0 Å². The first-order valence-corrected chi connectivity index (χ1v) is 13.5. The largest absolute Gasteiger partial charge is 3.00 e. The van der Waals surface area contributed by atoms with Gasteiger partial charge in [0.05, 0.1) is 70.0 Å². The smallest absolute Gasteiger partial charge is 0.543 e. The Bertz CT molecular complexity index is 1580. The summed E-state index contributed by atoms with van der Waals surface area (Å²) in [7, 11) is 0. The van der Waals surface area contributed by atoms with Crippen molar-refractivity contribution in [1.82, 2.24) is 29.9 Å². The van der Waals surface area contributed by atoms with E-state index >= 15 is 0 Å². The van der Waals surface area contributed by atoms with Gasteiger partial charge < -0.3 is 75.8 Å². The number of aromatic amines is 6. The van der Waals surface area contributed by atoms with Gasteiger partial charge in [-0.25, -0.2) is 15.0 Å². The monoisotopic (exact) mass is 920 g/mol. The fourth-order valence-corrected chi connectivity index (χ4v) is 2.71. The van der Waals surface area contributed by atoms with E-state index in [1.54, 1.807) is 19.0 Å². The van der Waals surface area contributed by atoms with Crippen LogP contribution in [-0.4, -0.2) is 82.1 Å². The first-order chi connectivity index (χ1) is 24.3. The SMILES string of the molecule is O.O.O.O=C([O-])c1cccc(C(=O)[O-])n1.O=C([O-])c1cccc(C(=O)[O-])n1.O=C([O-])c1cccc(C(=O)[O-])n1.[Dy+3].c1c[nH+]c[nH]1.c1c[nH+]c[nH]1.c1c[nH+]c[nH]1. The Morgan fingerprint density at radius 3 is 0.673 bits per heavy atom. The predicted octanol–water partition coefficient (Wildman–Crippen LogP) is -9.56. The van der Waals surface area contributed by atoms with E-state index in [-0.39, 0.29) is 54.6 Å². The van der Waals surface area contributed by atoms with Crippen LogP contribution in [0.25, 0.3) is 0 Å².